The van der Waals surface area contributed by atoms with Gasteiger partial charge >= 0.3 is 5.56 Å². The largest absolute Gasteiger partial charge is 0.508 e. The van der Waals surface area contributed by atoms with Gasteiger partial charge in [-0.25, -0.2) is 0 Å². The number of rotatable bonds is 5. The third-order valence-corrected chi connectivity index (χ3v) is 5.86. The number of phenolic OH excluding ortho intramolecular Hbond substituents is 1. The summed E-state index contributed by atoms with van der Waals surface area (Å²) in [4.78, 5) is 15.5. The van der Waals surface area contributed by atoms with Gasteiger partial charge in [-0.3, -0.25) is 4.79 Å². The summed E-state index contributed by atoms with van der Waals surface area (Å²) in [5.41, 5.74) is 2.78. The third-order valence-electron chi connectivity index (χ3n) is 5.61. The van der Waals surface area contributed by atoms with Gasteiger partial charge in [0.2, 0.25) is 5.75 Å². The minimum atomic E-state index is -0.367. The van der Waals surface area contributed by atoms with Crippen LogP contribution in [0.2, 0.25) is 5.02 Å². The summed E-state index contributed by atoms with van der Waals surface area (Å²) in [5, 5.41) is 14.5. The zero-order valence-corrected chi connectivity index (χ0v) is 19.0. The SMILES string of the molecule is O=c1c(Oc2ccc(-c3ccc(O)cc3)cc2)c(N2CCOCC2)cnn1-c1ccc(Cl)cc1. The molecule has 0 spiro atoms. The lowest BCUT2D eigenvalue weighted by atomic mass is 10.1. The van der Waals surface area contributed by atoms with Gasteiger partial charge in [0, 0.05) is 18.1 Å². The molecule has 1 aliphatic rings. The molecule has 34 heavy (non-hydrogen) atoms. The highest BCUT2D eigenvalue weighted by Crippen LogP contribution is 2.31. The molecule has 5 rings (SSSR count). The van der Waals surface area contributed by atoms with E-state index in [0.29, 0.717) is 48.5 Å². The molecule has 0 atom stereocenters. The molecule has 7 nitrogen and oxygen atoms in total. The van der Waals surface area contributed by atoms with Crippen molar-refractivity contribution in [2.75, 3.05) is 31.2 Å². The van der Waals surface area contributed by atoms with E-state index in [1.165, 1.54) is 4.68 Å². The number of hydrogen-bond donors (Lipinski definition) is 1. The summed E-state index contributed by atoms with van der Waals surface area (Å²) in [7, 11) is 0. The quantitative estimate of drug-likeness (QED) is 0.443. The van der Waals surface area contributed by atoms with E-state index in [0.717, 1.165) is 11.1 Å². The topological polar surface area (TPSA) is 76.8 Å². The first-order chi connectivity index (χ1) is 16.6. The van der Waals surface area contributed by atoms with Crippen LogP contribution in [0.5, 0.6) is 17.2 Å². The van der Waals surface area contributed by atoms with Crippen LogP contribution in [0.25, 0.3) is 16.8 Å². The molecule has 0 saturated carbocycles. The van der Waals surface area contributed by atoms with Crippen LogP contribution in [-0.4, -0.2) is 41.2 Å². The molecule has 3 aromatic carbocycles. The smallest absolute Gasteiger partial charge is 0.316 e. The predicted octanol–water partition coefficient (Wildman–Crippen LogP) is 4.89. The van der Waals surface area contributed by atoms with Crippen molar-refractivity contribution in [3.63, 3.8) is 0 Å². The van der Waals surface area contributed by atoms with Gasteiger partial charge < -0.3 is 19.5 Å². The van der Waals surface area contributed by atoms with Crippen molar-refractivity contribution in [1.29, 1.82) is 0 Å². The molecular formula is C26H22ClN3O4. The molecule has 1 N–H and O–H groups in total. The number of nitrogens with zero attached hydrogens (tertiary/aromatic N) is 3. The van der Waals surface area contributed by atoms with E-state index in [1.807, 2.05) is 41.3 Å². The van der Waals surface area contributed by atoms with Crippen LogP contribution >= 0.6 is 11.6 Å². The number of phenols is 1. The Hall–Kier alpha value is -3.81. The number of halogens is 1. The molecular weight excluding hydrogens is 454 g/mol. The Morgan fingerprint density at radius 3 is 2.15 bits per heavy atom. The van der Waals surface area contributed by atoms with Gasteiger partial charge in [-0.2, -0.15) is 9.78 Å². The molecule has 0 aliphatic carbocycles. The van der Waals surface area contributed by atoms with Crippen LogP contribution in [0.15, 0.2) is 83.8 Å². The zero-order valence-electron chi connectivity index (χ0n) is 18.2. The molecule has 0 radical (unpaired) electrons. The number of aromatic hydroxyl groups is 1. The summed E-state index contributed by atoms with van der Waals surface area (Å²) in [6, 6.07) is 21.3. The first-order valence-electron chi connectivity index (χ1n) is 10.9. The maximum atomic E-state index is 13.5. The first-order valence-corrected chi connectivity index (χ1v) is 11.2. The highest BCUT2D eigenvalue weighted by molar-refractivity contribution is 6.30. The number of anilines is 1. The first kappa shape index (κ1) is 22.0. The standard InChI is InChI=1S/C26H22ClN3O4/c27-20-5-7-21(8-6-20)30-26(32)25(24(17-28-30)29-13-15-33-16-14-29)34-23-11-3-19(4-12-23)18-1-9-22(31)10-2-18/h1-12,17,31H,13-16H2. The second-order valence-corrected chi connectivity index (χ2v) is 8.26. The molecule has 1 aromatic heterocycles. The molecule has 4 aromatic rings. The van der Waals surface area contributed by atoms with Crippen LogP contribution < -0.4 is 15.2 Å². The summed E-state index contributed by atoms with van der Waals surface area (Å²) >= 11 is 6.01. The summed E-state index contributed by atoms with van der Waals surface area (Å²) in [6.07, 6.45) is 1.65. The minimum absolute atomic E-state index is 0.198. The molecule has 1 fully saturated rings. The van der Waals surface area contributed by atoms with E-state index in [1.54, 1.807) is 42.6 Å². The fourth-order valence-corrected chi connectivity index (χ4v) is 3.93. The second-order valence-electron chi connectivity index (χ2n) is 7.83. The Kier molecular flexibility index (Phi) is 6.20. The molecule has 1 aliphatic heterocycles. The molecule has 0 unspecified atom stereocenters. The Labute approximate surface area is 201 Å². The maximum Gasteiger partial charge on any atom is 0.316 e. The summed E-state index contributed by atoms with van der Waals surface area (Å²) in [5.74, 6) is 0.946. The van der Waals surface area contributed by atoms with Crippen LogP contribution in [0.4, 0.5) is 5.69 Å². The minimum Gasteiger partial charge on any atom is -0.508 e. The molecule has 2 heterocycles. The van der Waals surface area contributed by atoms with Gasteiger partial charge in [-0.05, 0) is 59.7 Å². The van der Waals surface area contributed by atoms with Crippen LogP contribution in [0, 0.1) is 0 Å². The molecule has 0 bridgehead atoms. The van der Waals surface area contributed by atoms with Gasteiger partial charge in [0.05, 0.1) is 25.1 Å². The Balaban J connectivity index is 1.51. The highest BCUT2D eigenvalue weighted by Gasteiger charge is 2.22. The highest BCUT2D eigenvalue weighted by atomic mass is 35.5. The Morgan fingerprint density at radius 1 is 0.882 bits per heavy atom. The summed E-state index contributed by atoms with van der Waals surface area (Å²) < 4.78 is 12.9. The van der Waals surface area contributed by atoms with Gasteiger partial charge in [-0.1, -0.05) is 35.9 Å². The van der Waals surface area contributed by atoms with Gasteiger partial charge in [0.25, 0.3) is 0 Å². The second kappa shape index (κ2) is 9.59. The van der Waals surface area contributed by atoms with E-state index in [2.05, 4.69) is 5.10 Å². The summed E-state index contributed by atoms with van der Waals surface area (Å²) in [6.45, 7) is 2.42. The molecule has 0 amide bonds. The number of ether oxygens (including phenoxy) is 2. The normalized spacial score (nSPS) is 13.6. The number of aromatic nitrogens is 2. The van der Waals surface area contributed by atoms with Crippen LogP contribution in [0.1, 0.15) is 0 Å². The Bertz CT molecular complexity index is 1330. The lowest BCUT2D eigenvalue weighted by Crippen LogP contribution is -2.38. The zero-order chi connectivity index (χ0) is 23.5. The average Bonchev–Trinajstić information content (AvgIpc) is 2.87. The van der Waals surface area contributed by atoms with Crippen molar-refractivity contribution in [3.8, 4) is 34.1 Å². The number of morpholine rings is 1. The predicted molar refractivity (Wildman–Crippen MR) is 131 cm³/mol. The van der Waals surface area contributed by atoms with E-state index < -0.39 is 0 Å². The van der Waals surface area contributed by atoms with Crippen molar-refractivity contribution < 1.29 is 14.6 Å². The average molecular weight is 476 g/mol. The molecule has 8 heteroatoms. The molecule has 1 saturated heterocycles. The van der Waals surface area contributed by atoms with Crippen molar-refractivity contribution in [1.82, 2.24) is 9.78 Å². The van der Waals surface area contributed by atoms with Crippen LogP contribution in [-0.2, 0) is 4.74 Å². The van der Waals surface area contributed by atoms with Gasteiger partial charge in [0.1, 0.15) is 17.2 Å². The van der Waals surface area contributed by atoms with E-state index in [-0.39, 0.29) is 17.1 Å². The lowest BCUT2D eigenvalue weighted by Gasteiger charge is -2.29. The van der Waals surface area contributed by atoms with Crippen molar-refractivity contribution in [2.45, 2.75) is 0 Å². The maximum absolute atomic E-state index is 13.5. The number of benzene rings is 3. The fraction of sp³-hybridized carbons (Fsp3) is 0.154. The van der Waals surface area contributed by atoms with Crippen molar-refractivity contribution >= 4 is 17.3 Å². The van der Waals surface area contributed by atoms with Crippen LogP contribution in [0.3, 0.4) is 0 Å². The Morgan fingerprint density at radius 2 is 1.50 bits per heavy atom. The van der Waals surface area contributed by atoms with Gasteiger partial charge in [-0.15, -0.1) is 0 Å². The lowest BCUT2D eigenvalue weighted by molar-refractivity contribution is 0.122. The van der Waals surface area contributed by atoms with E-state index >= 15 is 0 Å². The van der Waals surface area contributed by atoms with Gasteiger partial charge in [0.15, 0.2) is 0 Å². The fourth-order valence-electron chi connectivity index (χ4n) is 3.81. The molecule has 172 valence electrons. The number of hydrogen-bond acceptors (Lipinski definition) is 6. The van der Waals surface area contributed by atoms with E-state index in [9.17, 15) is 9.90 Å². The third kappa shape index (κ3) is 4.62. The monoisotopic (exact) mass is 475 g/mol. The van der Waals surface area contributed by atoms with Crippen molar-refractivity contribution in [2.24, 2.45) is 0 Å². The van der Waals surface area contributed by atoms with E-state index in [4.69, 9.17) is 21.1 Å². The van der Waals surface area contributed by atoms with Crippen molar-refractivity contribution in [3.05, 3.63) is 94.4 Å².